The minimum Gasteiger partial charge on any atom is -0.359 e. The molecule has 0 saturated carbocycles. The molecule has 4 aromatic rings. The lowest BCUT2D eigenvalue weighted by atomic mass is 9.70. The third-order valence-corrected chi connectivity index (χ3v) is 7.17. The summed E-state index contributed by atoms with van der Waals surface area (Å²) < 4.78 is 0. The van der Waals surface area contributed by atoms with Crippen molar-refractivity contribution < 1.29 is 0 Å². The highest BCUT2D eigenvalue weighted by Crippen LogP contribution is 2.63. The van der Waals surface area contributed by atoms with E-state index in [1.54, 1.807) is 0 Å². The van der Waals surface area contributed by atoms with Gasteiger partial charge in [0.15, 0.2) is 0 Å². The van der Waals surface area contributed by atoms with Crippen LogP contribution in [0.4, 0.5) is 5.69 Å². The number of hydrogen-bond acceptors (Lipinski definition) is 1. The van der Waals surface area contributed by atoms with Crippen molar-refractivity contribution in [2.75, 3.05) is 5.32 Å². The normalized spacial score (nSPS) is 17.6. The number of nitrogens with one attached hydrogen (secondary N) is 1. The molecule has 0 atom stereocenters. The minimum absolute atomic E-state index is 0.279. The summed E-state index contributed by atoms with van der Waals surface area (Å²) >= 11 is 0. The van der Waals surface area contributed by atoms with Crippen LogP contribution in [0.1, 0.15) is 36.1 Å². The van der Waals surface area contributed by atoms with Crippen molar-refractivity contribution in [1.29, 1.82) is 0 Å². The third kappa shape index (κ3) is 2.87. The summed E-state index contributed by atoms with van der Waals surface area (Å²) in [4.78, 5) is 0. The summed E-state index contributed by atoms with van der Waals surface area (Å²) in [6, 6.07) is 37.1. The lowest BCUT2D eigenvalue weighted by Crippen LogP contribution is -2.25. The van der Waals surface area contributed by atoms with E-state index in [4.69, 9.17) is 0 Å². The molecular weight excluding hydrogens is 410 g/mol. The van der Waals surface area contributed by atoms with Gasteiger partial charge in [0.05, 0.1) is 5.41 Å². The molecule has 1 nitrogen and oxygen atoms in total. The van der Waals surface area contributed by atoms with Gasteiger partial charge in [-0.05, 0) is 76.6 Å². The zero-order valence-corrected chi connectivity index (χ0v) is 19.5. The van der Waals surface area contributed by atoms with Crippen LogP contribution < -0.4 is 5.32 Å². The van der Waals surface area contributed by atoms with E-state index < -0.39 is 0 Å². The number of hydrogen-bond donors (Lipinski definition) is 1. The molecule has 0 saturated heterocycles. The Hall–Kier alpha value is -4.10. The maximum atomic E-state index is 3.51. The fourth-order valence-electron chi connectivity index (χ4n) is 5.90. The molecular formula is C33H27N. The first-order valence-corrected chi connectivity index (χ1v) is 11.9. The van der Waals surface area contributed by atoms with E-state index in [0.29, 0.717) is 0 Å². The van der Waals surface area contributed by atoms with Gasteiger partial charge in [0, 0.05) is 11.4 Å². The van der Waals surface area contributed by atoms with E-state index in [1.165, 1.54) is 44.5 Å². The Morgan fingerprint density at radius 1 is 0.647 bits per heavy atom. The average molecular weight is 438 g/mol. The third-order valence-electron chi connectivity index (χ3n) is 7.17. The number of anilines is 1. The SMILES string of the molecule is C\C=C1/C(=C\C=C(/C)Nc2ccccc2)c2ccccc2C12c1ccccc1-c1ccccc12. The van der Waals surface area contributed by atoms with Crippen LogP contribution in [0.5, 0.6) is 0 Å². The molecule has 0 aromatic heterocycles. The predicted molar refractivity (Wildman–Crippen MR) is 144 cm³/mol. The highest BCUT2D eigenvalue weighted by Gasteiger charge is 2.52. The zero-order valence-electron chi connectivity index (χ0n) is 19.5. The van der Waals surface area contributed by atoms with Crippen molar-refractivity contribution in [3.63, 3.8) is 0 Å². The van der Waals surface area contributed by atoms with Gasteiger partial charge in [0.2, 0.25) is 0 Å². The van der Waals surface area contributed by atoms with Gasteiger partial charge < -0.3 is 5.32 Å². The lowest BCUT2D eigenvalue weighted by molar-refractivity contribution is 0.793. The van der Waals surface area contributed by atoms with Crippen LogP contribution in [0, 0.1) is 0 Å². The van der Waals surface area contributed by atoms with Gasteiger partial charge in [-0.15, -0.1) is 0 Å². The molecule has 0 amide bonds. The molecule has 0 heterocycles. The molecule has 0 aliphatic heterocycles. The summed E-state index contributed by atoms with van der Waals surface area (Å²) in [7, 11) is 0. The molecule has 6 rings (SSSR count). The van der Waals surface area contributed by atoms with Gasteiger partial charge in [-0.1, -0.05) is 103 Å². The highest BCUT2D eigenvalue weighted by atomic mass is 14.9. The van der Waals surface area contributed by atoms with Gasteiger partial charge in [-0.3, -0.25) is 0 Å². The summed E-state index contributed by atoms with van der Waals surface area (Å²) in [5.41, 5.74) is 12.7. The number of fused-ring (bicyclic) bond motifs is 7. The van der Waals surface area contributed by atoms with Crippen molar-refractivity contribution in [3.05, 3.63) is 155 Å². The summed E-state index contributed by atoms with van der Waals surface area (Å²) in [6.07, 6.45) is 6.81. The first-order chi connectivity index (χ1) is 16.7. The fourth-order valence-corrected chi connectivity index (χ4v) is 5.90. The second-order valence-electron chi connectivity index (χ2n) is 9.01. The molecule has 1 heteroatoms. The molecule has 4 aromatic carbocycles. The first kappa shape index (κ1) is 20.5. The maximum Gasteiger partial charge on any atom is 0.0722 e. The minimum atomic E-state index is -0.279. The Morgan fingerprint density at radius 3 is 1.74 bits per heavy atom. The topological polar surface area (TPSA) is 12.0 Å². The standard InChI is InChI=1S/C33H27N/c1-3-29-28(22-21-23(2)34-24-13-5-4-6-14-24)27-17-9-12-20-32(27)33(29)30-18-10-7-15-25(30)26-16-8-11-19-31(26)33/h3-22,34H,1-2H3/b23-21+,28-22-,29-3+. The second-order valence-corrected chi connectivity index (χ2v) is 9.01. The summed E-state index contributed by atoms with van der Waals surface area (Å²) in [5.74, 6) is 0. The van der Waals surface area contributed by atoms with Gasteiger partial charge in [-0.2, -0.15) is 0 Å². The van der Waals surface area contributed by atoms with E-state index in [-0.39, 0.29) is 5.41 Å². The Kier molecular flexibility index (Phi) is 4.85. The van der Waals surface area contributed by atoms with Crippen molar-refractivity contribution in [2.45, 2.75) is 19.3 Å². The molecule has 1 N–H and O–H groups in total. The van der Waals surface area contributed by atoms with Crippen molar-refractivity contribution >= 4 is 11.3 Å². The molecule has 34 heavy (non-hydrogen) atoms. The second kappa shape index (κ2) is 8.04. The van der Waals surface area contributed by atoms with Crippen molar-refractivity contribution in [3.8, 4) is 11.1 Å². The smallest absolute Gasteiger partial charge is 0.0722 e. The summed E-state index contributed by atoms with van der Waals surface area (Å²) in [5, 5.41) is 3.51. The predicted octanol–water partition coefficient (Wildman–Crippen LogP) is 8.36. The molecule has 0 radical (unpaired) electrons. The van der Waals surface area contributed by atoms with Crippen LogP contribution in [0.3, 0.4) is 0 Å². The Labute approximate surface area is 201 Å². The van der Waals surface area contributed by atoms with E-state index >= 15 is 0 Å². The van der Waals surface area contributed by atoms with E-state index in [0.717, 1.165) is 11.4 Å². The van der Waals surface area contributed by atoms with Crippen LogP contribution >= 0.6 is 0 Å². The first-order valence-electron chi connectivity index (χ1n) is 11.9. The van der Waals surface area contributed by atoms with Gasteiger partial charge in [-0.25, -0.2) is 0 Å². The molecule has 0 fully saturated rings. The summed E-state index contributed by atoms with van der Waals surface area (Å²) in [6.45, 7) is 4.30. The number of para-hydroxylation sites is 1. The molecule has 164 valence electrons. The molecule has 0 bridgehead atoms. The van der Waals surface area contributed by atoms with Crippen LogP contribution in [0.2, 0.25) is 0 Å². The van der Waals surface area contributed by atoms with Crippen LogP contribution in [-0.2, 0) is 5.41 Å². The number of rotatable bonds is 3. The van der Waals surface area contributed by atoms with Gasteiger partial charge in [0.1, 0.15) is 0 Å². The van der Waals surface area contributed by atoms with Crippen LogP contribution in [0.25, 0.3) is 16.7 Å². The Morgan fingerprint density at radius 2 is 1.15 bits per heavy atom. The molecule has 0 unspecified atom stereocenters. The lowest BCUT2D eigenvalue weighted by Gasteiger charge is -2.30. The Balaban J connectivity index is 1.56. The van der Waals surface area contributed by atoms with Crippen molar-refractivity contribution in [1.82, 2.24) is 0 Å². The number of allylic oxidation sites excluding steroid dienone is 6. The molecule has 1 spiro atoms. The highest BCUT2D eigenvalue weighted by molar-refractivity contribution is 6.00. The van der Waals surface area contributed by atoms with E-state index in [2.05, 4.69) is 134 Å². The quantitative estimate of drug-likeness (QED) is 0.339. The Bertz CT molecular complexity index is 1440. The number of benzene rings is 4. The fraction of sp³-hybridized carbons (Fsp3) is 0.0909. The van der Waals surface area contributed by atoms with Crippen molar-refractivity contribution in [2.24, 2.45) is 0 Å². The molecule has 2 aliphatic rings. The average Bonchev–Trinajstić information content (AvgIpc) is 3.34. The van der Waals surface area contributed by atoms with E-state index in [9.17, 15) is 0 Å². The van der Waals surface area contributed by atoms with Crippen LogP contribution in [0.15, 0.2) is 133 Å². The maximum absolute atomic E-state index is 3.51. The molecule has 2 aliphatic carbocycles. The van der Waals surface area contributed by atoms with E-state index in [1.807, 2.05) is 6.07 Å². The van der Waals surface area contributed by atoms with Gasteiger partial charge >= 0.3 is 0 Å². The van der Waals surface area contributed by atoms with Gasteiger partial charge in [0.25, 0.3) is 0 Å². The van der Waals surface area contributed by atoms with Crippen LogP contribution in [-0.4, -0.2) is 0 Å². The largest absolute Gasteiger partial charge is 0.359 e. The zero-order chi connectivity index (χ0) is 23.1. The monoisotopic (exact) mass is 437 g/mol.